The van der Waals surface area contributed by atoms with Crippen LogP contribution in [0.4, 0.5) is 0 Å². The molecule has 122 valence electrons. The number of carboxylic acids is 1. The van der Waals surface area contributed by atoms with E-state index >= 15 is 0 Å². The SMILES string of the molecule is CC(C)C(CCN)CCC(=O)N1CCN(CC(=O)O)CC1. The Morgan fingerprint density at radius 3 is 2.24 bits per heavy atom. The van der Waals surface area contributed by atoms with Crippen molar-refractivity contribution in [3.05, 3.63) is 0 Å². The Labute approximate surface area is 127 Å². The van der Waals surface area contributed by atoms with Crippen LogP contribution in [0.3, 0.4) is 0 Å². The highest BCUT2D eigenvalue weighted by Gasteiger charge is 2.23. The molecule has 6 heteroatoms. The highest BCUT2D eigenvalue weighted by Crippen LogP contribution is 2.21. The molecule has 0 saturated carbocycles. The first-order valence-electron chi connectivity index (χ1n) is 7.86. The van der Waals surface area contributed by atoms with Gasteiger partial charge < -0.3 is 15.7 Å². The second kappa shape index (κ2) is 9.00. The zero-order valence-electron chi connectivity index (χ0n) is 13.3. The maximum atomic E-state index is 12.2. The number of nitrogens with two attached hydrogens (primary N) is 1. The van der Waals surface area contributed by atoms with E-state index in [0.717, 1.165) is 12.8 Å². The third-order valence-corrected chi connectivity index (χ3v) is 4.29. The van der Waals surface area contributed by atoms with E-state index in [9.17, 15) is 9.59 Å². The molecule has 1 aliphatic heterocycles. The van der Waals surface area contributed by atoms with Gasteiger partial charge in [-0.25, -0.2) is 0 Å². The number of nitrogens with zero attached hydrogens (tertiary/aromatic N) is 2. The molecule has 1 aliphatic rings. The summed E-state index contributed by atoms with van der Waals surface area (Å²) in [6, 6.07) is 0. The molecule has 0 radical (unpaired) electrons. The second-order valence-corrected chi connectivity index (χ2v) is 6.17. The van der Waals surface area contributed by atoms with Crippen LogP contribution in [0.1, 0.15) is 33.1 Å². The number of rotatable bonds is 8. The minimum atomic E-state index is -0.809. The van der Waals surface area contributed by atoms with E-state index in [0.29, 0.717) is 51.0 Å². The van der Waals surface area contributed by atoms with Gasteiger partial charge in [-0.15, -0.1) is 0 Å². The van der Waals surface area contributed by atoms with Gasteiger partial charge in [0.15, 0.2) is 0 Å². The van der Waals surface area contributed by atoms with E-state index in [1.54, 1.807) is 0 Å². The molecule has 1 rings (SSSR count). The molecule has 6 nitrogen and oxygen atoms in total. The summed E-state index contributed by atoms with van der Waals surface area (Å²) in [5.74, 6) is 0.435. The number of hydrogen-bond donors (Lipinski definition) is 2. The van der Waals surface area contributed by atoms with Gasteiger partial charge in [-0.3, -0.25) is 14.5 Å². The lowest BCUT2D eigenvalue weighted by Crippen LogP contribution is -2.49. The van der Waals surface area contributed by atoms with Crippen molar-refractivity contribution in [3.63, 3.8) is 0 Å². The molecule has 1 unspecified atom stereocenters. The summed E-state index contributed by atoms with van der Waals surface area (Å²) in [6.07, 6.45) is 2.43. The quantitative estimate of drug-likeness (QED) is 0.686. The fourth-order valence-electron chi connectivity index (χ4n) is 2.84. The van der Waals surface area contributed by atoms with Crippen molar-refractivity contribution in [1.29, 1.82) is 0 Å². The number of carboxylic acid groups (broad SMARTS) is 1. The average Bonchev–Trinajstić information content (AvgIpc) is 2.43. The average molecular weight is 299 g/mol. The molecular formula is C15H29N3O3. The number of amides is 1. The molecule has 1 amide bonds. The molecule has 1 fully saturated rings. The van der Waals surface area contributed by atoms with Crippen molar-refractivity contribution in [3.8, 4) is 0 Å². The van der Waals surface area contributed by atoms with Gasteiger partial charge in [0.2, 0.25) is 5.91 Å². The first-order valence-corrected chi connectivity index (χ1v) is 7.86. The molecule has 1 heterocycles. The highest BCUT2D eigenvalue weighted by atomic mass is 16.4. The molecule has 0 aliphatic carbocycles. The summed E-state index contributed by atoms with van der Waals surface area (Å²) in [6.45, 7) is 7.65. The Morgan fingerprint density at radius 2 is 1.76 bits per heavy atom. The van der Waals surface area contributed by atoms with E-state index in [2.05, 4.69) is 13.8 Å². The summed E-state index contributed by atoms with van der Waals surface area (Å²) >= 11 is 0. The van der Waals surface area contributed by atoms with E-state index in [1.165, 1.54) is 0 Å². The second-order valence-electron chi connectivity index (χ2n) is 6.17. The van der Waals surface area contributed by atoms with Crippen LogP contribution in [-0.4, -0.2) is 66.1 Å². The minimum absolute atomic E-state index is 0.0634. The Balaban J connectivity index is 2.32. The van der Waals surface area contributed by atoms with E-state index in [1.807, 2.05) is 9.80 Å². The normalized spacial score (nSPS) is 18.0. The Kier molecular flexibility index (Phi) is 7.67. The molecule has 0 aromatic rings. The van der Waals surface area contributed by atoms with Crippen LogP contribution >= 0.6 is 0 Å². The molecule has 0 aromatic carbocycles. The lowest BCUT2D eigenvalue weighted by molar-refractivity contribution is -0.139. The zero-order chi connectivity index (χ0) is 15.8. The van der Waals surface area contributed by atoms with Gasteiger partial charge in [0.25, 0.3) is 0 Å². The van der Waals surface area contributed by atoms with E-state index < -0.39 is 5.97 Å². The Morgan fingerprint density at radius 1 is 1.14 bits per heavy atom. The van der Waals surface area contributed by atoms with Crippen LogP contribution in [0, 0.1) is 11.8 Å². The van der Waals surface area contributed by atoms with Crippen LogP contribution in [0.25, 0.3) is 0 Å². The molecule has 1 saturated heterocycles. The predicted molar refractivity (Wildman–Crippen MR) is 81.9 cm³/mol. The first-order chi connectivity index (χ1) is 9.93. The van der Waals surface area contributed by atoms with E-state index in [-0.39, 0.29) is 12.5 Å². The summed E-state index contributed by atoms with van der Waals surface area (Å²) in [7, 11) is 0. The lowest BCUT2D eigenvalue weighted by Gasteiger charge is -2.34. The largest absolute Gasteiger partial charge is 0.480 e. The van der Waals surface area contributed by atoms with Gasteiger partial charge in [0, 0.05) is 32.6 Å². The third kappa shape index (κ3) is 6.44. The summed E-state index contributed by atoms with van der Waals surface area (Å²) in [5.41, 5.74) is 5.62. The van der Waals surface area contributed by atoms with Gasteiger partial charge >= 0.3 is 5.97 Å². The van der Waals surface area contributed by atoms with Gasteiger partial charge in [-0.1, -0.05) is 13.8 Å². The molecule has 0 bridgehead atoms. The van der Waals surface area contributed by atoms with Crippen molar-refractivity contribution in [2.45, 2.75) is 33.1 Å². The van der Waals surface area contributed by atoms with Crippen LogP contribution in [0.2, 0.25) is 0 Å². The molecular weight excluding hydrogens is 270 g/mol. The number of carbonyl (C=O) groups is 2. The number of hydrogen-bond acceptors (Lipinski definition) is 4. The smallest absolute Gasteiger partial charge is 0.317 e. The first kappa shape index (κ1) is 17.9. The third-order valence-electron chi connectivity index (χ3n) is 4.29. The molecule has 21 heavy (non-hydrogen) atoms. The molecule has 0 spiro atoms. The van der Waals surface area contributed by atoms with Crippen LogP contribution < -0.4 is 5.73 Å². The standard InChI is InChI=1S/C15H29N3O3/c1-12(2)13(5-6-16)3-4-14(19)18-9-7-17(8-10-18)11-15(20)21/h12-13H,3-11,16H2,1-2H3,(H,20,21). The van der Waals surface area contributed by atoms with Crippen molar-refractivity contribution in [2.75, 3.05) is 39.3 Å². The number of aliphatic carboxylic acids is 1. The molecule has 1 atom stereocenters. The molecule has 3 N–H and O–H groups in total. The minimum Gasteiger partial charge on any atom is -0.480 e. The zero-order valence-corrected chi connectivity index (χ0v) is 13.3. The van der Waals surface area contributed by atoms with Gasteiger partial charge in [0.05, 0.1) is 6.54 Å². The maximum absolute atomic E-state index is 12.2. The topological polar surface area (TPSA) is 86.9 Å². The predicted octanol–water partition coefficient (Wildman–Crippen LogP) is 0.616. The van der Waals surface area contributed by atoms with Crippen molar-refractivity contribution < 1.29 is 14.7 Å². The van der Waals surface area contributed by atoms with Crippen LogP contribution in [0.5, 0.6) is 0 Å². The van der Waals surface area contributed by atoms with Gasteiger partial charge in [-0.2, -0.15) is 0 Å². The van der Waals surface area contributed by atoms with Crippen LogP contribution in [-0.2, 0) is 9.59 Å². The fraction of sp³-hybridized carbons (Fsp3) is 0.867. The van der Waals surface area contributed by atoms with Crippen molar-refractivity contribution >= 4 is 11.9 Å². The van der Waals surface area contributed by atoms with Crippen molar-refractivity contribution in [1.82, 2.24) is 9.80 Å². The van der Waals surface area contributed by atoms with Gasteiger partial charge in [-0.05, 0) is 31.2 Å². The summed E-state index contributed by atoms with van der Waals surface area (Å²) < 4.78 is 0. The maximum Gasteiger partial charge on any atom is 0.317 e. The number of carbonyl (C=O) groups excluding carboxylic acids is 1. The van der Waals surface area contributed by atoms with E-state index in [4.69, 9.17) is 10.8 Å². The lowest BCUT2D eigenvalue weighted by atomic mass is 9.88. The number of piperazine rings is 1. The summed E-state index contributed by atoms with van der Waals surface area (Å²) in [5, 5.41) is 8.76. The van der Waals surface area contributed by atoms with Crippen molar-refractivity contribution in [2.24, 2.45) is 17.6 Å². The Bertz CT molecular complexity index is 339. The monoisotopic (exact) mass is 299 g/mol. The van der Waals surface area contributed by atoms with Gasteiger partial charge in [0.1, 0.15) is 0 Å². The fourth-order valence-corrected chi connectivity index (χ4v) is 2.84. The van der Waals surface area contributed by atoms with Crippen LogP contribution in [0.15, 0.2) is 0 Å². The Hall–Kier alpha value is -1.14. The molecule has 0 aromatic heterocycles. The highest BCUT2D eigenvalue weighted by molar-refractivity contribution is 5.76. The summed E-state index contributed by atoms with van der Waals surface area (Å²) in [4.78, 5) is 26.6.